The average Bonchev–Trinajstić information content (AvgIpc) is 0.712. The predicted molar refractivity (Wildman–Crippen MR) is 490 cm³/mol. The number of para-hydroxylation sites is 6. The molecule has 4 heterocycles. The van der Waals surface area contributed by atoms with Crippen LogP contribution in [0.2, 0.25) is 0 Å². The highest BCUT2D eigenvalue weighted by molar-refractivity contribution is 6.04. The maximum absolute atomic E-state index is 3.01. The first-order chi connectivity index (χ1) is 58.0. The Morgan fingerprint density at radius 2 is 0.487 bits per heavy atom. The summed E-state index contributed by atoms with van der Waals surface area (Å²) in [5.41, 5.74) is 29.6. The molecule has 10 bridgehead atoms. The summed E-state index contributed by atoms with van der Waals surface area (Å²) in [6.45, 7) is 0. The van der Waals surface area contributed by atoms with Crippen molar-refractivity contribution in [2.75, 3.05) is 29.4 Å². The van der Waals surface area contributed by atoms with E-state index in [2.05, 4.69) is 418 Å². The minimum absolute atomic E-state index is 0.437. The van der Waals surface area contributed by atoms with Crippen LogP contribution in [0.15, 0.2) is 388 Å². The molecule has 9 aliphatic rings. The van der Waals surface area contributed by atoms with E-state index < -0.39 is 0 Å². The first-order valence-corrected chi connectivity index (χ1v) is 43.1. The summed E-state index contributed by atoms with van der Waals surface area (Å²) >= 11 is 0. The molecule has 4 aliphatic heterocycles. The Bertz CT molecular complexity index is 5850. The van der Waals surface area contributed by atoms with Crippen LogP contribution < -0.4 is 29.4 Å². The average molecular weight is 1510 g/mol. The third-order valence-electron chi connectivity index (χ3n) is 27.6. The molecule has 15 aromatic rings. The molecule has 6 atom stereocenters. The van der Waals surface area contributed by atoms with Gasteiger partial charge >= 0.3 is 0 Å². The molecule has 15 aromatic carbocycles. The van der Waals surface area contributed by atoms with Gasteiger partial charge in [-0.1, -0.05) is 304 Å². The van der Waals surface area contributed by atoms with Gasteiger partial charge in [0.2, 0.25) is 0 Å². The van der Waals surface area contributed by atoms with E-state index in [-0.39, 0.29) is 0 Å². The zero-order valence-corrected chi connectivity index (χ0v) is 66.2. The molecular weight excluding hydrogens is 1420 g/mol. The molecule has 4 saturated heterocycles. The van der Waals surface area contributed by atoms with E-state index in [1.54, 1.807) is 0 Å². The number of piperidine rings is 4. The molecule has 570 valence electrons. The Morgan fingerprint density at radius 1 is 0.205 bits per heavy atom. The molecule has 0 N–H and O–H groups in total. The summed E-state index contributed by atoms with van der Waals surface area (Å²) in [4.78, 5) is 16.4. The highest BCUT2D eigenvalue weighted by atomic mass is 15.3. The van der Waals surface area contributed by atoms with Gasteiger partial charge in [-0.05, 0) is 224 Å². The van der Waals surface area contributed by atoms with Crippen LogP contribution in [0, 0.1) is 35.5 Å². The molecule has 0 radical (unpaired) electrons. The summed E-state index contributed by atoms with van der Waals surface area (Å²) < 4.78 is 0. The van der Waals surface area contributed by atoms with Gasteiger partial charge in [0.25, 0.3) is 0 Å². The van der Waals surface area contributed by atoms with Gasteiger partial charge in [0, 0.05) is 97.4 Å². The maximum Gasteiger partial charge on any atom is 0.0618 e. The van der Waals surface area contributed by atoms with Crippen molar-refractivity contribution < 1.29 is 0 Å². The van der Waals surface area contributed by atoms with Crippen molar-refractivity contribution >= 4 is 79.6 Å². The van der Waals surface area contributed by atoms with Crippen LogP contribution in [0.1, 0.15) is 70.6 Å². The molecule has 0 spiro atoms. The summed E-state index contributed by atoms with van der Waals surface area (Å²) in [6, 6.07) is 148. The van der Waals surface area contributed by atoms with E-state index in [0.29, 0.717) is 30.1 Å². The van der Waals surface area contributed by atoms with Crippen LogP contribution in [0.3, 0.4) is 0 Å². The van der Waals surface area contributed by atoms with Crippen LogP contribution in [-0.4, -0.2) is 24.2 Å². The Balaban J connectivity index is 0.817. The predicted octanol–water partition coefficient (Wildman–Crippen LogP) is 29.7. The molecule has 6 heteroatoms. The Hall–Kier alpha value is -12.9. The molecular formula is C111H96N6. The van der Waals surface area contributed by atoms with Gasteiger partial charge in [0.15, 0.2) is 0 Å². The van der Waals surface area contributed by atoms with Crippen molar-refractivity contribution in [3.05, 3.63) is 388 Å². The SMILES string of the molecule is c1ccc(-c2cccc(-c3ccccc3)c2N(c2ccccc2)c2cc(N(c3ccccc3)c3cccc(N(c4cc(N(c5ccccc5)c5c(-c6ccccc6)cccc5-c5ccccc5)cc(N5C6CC7CC5C5CCCC7C5C6)c4)c4c(-c5ccccc5)cccc4-c4ccccc4)c3)cc(N3C4CC5CC(C4)CC3C5)c2)cc1. The first kappa shape index (κ1) is 70.7. The highest BCUT2D eigenvalue weighted by Crippen LogP contribution is 2.63. The van der Waals surface area contributed by atoms with E-state index in [9.17, 15) is 0 Å². The van der Waals surface area contributed by atoms with Crippen molar-refractivity contribution in [1.29, 1.82) is 0 Å². The highest BCUT2D eigenvalue weighted by Gasteiger charge is 2.58. The molecule has 117 heavy (non-hydrogen) atoms. The van der Waals surface area contributed by atoms with Gasteiger partial charge in [-0.25, -0.2) is 0 Å². The van der Waals surface area contributed by atoms with Crippen molar-refractivity contribution in [3.8, 4) is 66.8 Å². The lowest BCUT2D eigenvalue weighted by Crippen LogP contribution is -2.66. The number of benzene rings is 15. The fourth-order valence-corrected chi connectivity index (χ4v) is 23.2. The second kappa shape index (κ2) is 30.4. The fraction of sp³-hybridized carbons (Fsp3) is 0.189. The van der Waals surface area contributed by atoms with Gasteiger partial charge < -0.3 is 29.4 Å². The normalized spacial score (nSPS) is 21.1. The Kier molecular flexibility index (Phi) is 18.4. The maximum atomic E-state index is 3.01. The van der Waals surface area contributed by atoms with Gasteiger partial charge in [0.1, 0.15) is 0 Å². The van der Waals surface area contributed by atoms with Gasteiger partial charge in [-0.3, -0.25) is 0 Å². The molecule has 0 amide bonds. The minimum Gasteiger partial charge on any atom is -0.365 e. The van der Waals surface area contributed by atoms with Crippen molar-refractivity contribution in [1.82, 2.24) is 0 Å². The molecule has 5 aliphatic carbocycles. The number of nitrogens with zero attached hydrogens (tertiary/aromatic N) is 6. The molecule has 6 nitrogen and oxygen atoms in total. The number of anilines is 14. The van der Waals surface area contributed by atoms with E-state index in [1.807, 2.05) is 0 Å². The van der Waals surface area contributed by atoms with Crippen molar-refractivity contribution in [2.45, 2.75) is 94.8 Å². The lowest BCUT2D eigenvalue weighted by Gasteiger charge is -2.66. The summed E-state index contributed by atoms with van der Waals surface area (Å²) in [6.07, 6.45) is 14.1. The fourth-order valence-electron chi connectivity index (χ4n) is 23.2. The second-order valence-corrected chi connectivity index (χ2v) is 34.2. The van der Waals surface area contributed by atoms with Gasteiger partial charge in [-0.15, -0.1) is 0 Å². The Labute approximate surface area is 689 Å². The number of hydrogen-bond donors (Lipinski definition) is 0. The third-order valence-corrected chi connectivity index (χ3v) is 27.6. The summed E-state index contributed by atoms with van der Waals surface area (Å²) in [5.74, 6) is 4.66. The van der Waals surface area contributed by atoms with E-state index in [4.69, 9.17) is 0 Å². The monoisotopic (exact) mass is 1510 g/mol. The minimum atomic E-state index is 0.437. The summed E-state index contributed by atoms with van der Waals surface area (Å²) in [7, 11) is 0. The standard InChI is InChI=1S/C111H96N6/c1-10-33-78(34-11-1)100-54-30-55-101(79-35-12-2-13-36-79)109(100)115(86-47-24-8-25-48-86)96-70-93(69-94(71-96)113-90-62-76-61-77(64-90)65-91(113)63-76)112(85-45-22-7-23-46-85)88-51-28-52-89(68-88)117(111-104(82-41-18-5-19-42-82)58-32-59-105(111)83-43-20-6-21-44-83)98-73-95(114-92-66-84-67-108(114)106-60-29-53-99(84)107(106)75-92)72-97(74-98)116(87-49-26-9-27-50-87)110-102(80-37-14-3-15-38-80)56-31-57-103(110)81-39-16-4-17-40-81/h1-28,30-52,54-59,68-74,76-77,84,90-92,99,106-108H,29,53,60-67,75H2. The second-order valence-electron chi connectivity index (χ2n) is 34.2. The lowest BCUT2D eigenvalue weighted by molar-refractivity contribution is -0.0593. The van der Waals surface area contributed by atoms with E-state index in [0.717, 1.165) is 120 Å². The lowest BCUT2D eigenvalue weighted by atomic mass is 9.49. The molecule has 0 aromatic heterocycles. The molecule has 24 rings (SSSR count). The number of rotatable bonds is 20. The van der Waals surface area contributed by atoms with E-state index >= 15 is 0 Å². The van der Waals surface area contributed by atoms with Crippen LogP contribution in [0.5, 0.6) is 0 Å². The molecule has 5 saturated carbocycles. The first-order valence-electron chi connectivity index (χ1n) is 43.1. The third kappa shape index (κ3) is 13.0. The zero-order valence-electron chi connectivity index (χ0n) is 66.2. The van der Waals surface area contributed by atoms with E-state index in [1.165, 1.54) is 127 Å². The van der Waals surface area contributed by atoms with Crippen LogP contribution in [0.25, 0.3) is 66.8 Å². The number of hydrogen-bond acceptors (Lipinski definition) is 6. The quantitative estimate of drug-likeness (QED) is 0.0752. The van der Waals surface area contributed by atoms with Gasteiger partial charge in [0.05, 0.1) is 39.8 Å². The van der Waals surface area contributed by atoms with Crippen molar-refractivity contribution in [2.24, 2.45) is 35.5 Å². The largest absolute Gasteiger partial charge is 0.365 e. The molecule has 9 fully saturated rings. The van der Waals surface area contributed by atoms with Crippen molar-refractivity contribution in [3.63, 3.8) is 0 Å². The van der Waals surface area contributed by atoms with Crippen LogP contribution in [-0.2, 0) is 0 Å². The zero-order chi connectivity index (χ0) is 77.3. The van der Waals surface area contributed by atoms with Crippen LogP contribution in [0.4, 0.5) is 79.6 Å². The van der Waals surface area contributed by atoms with Gasteiger partial charge in [-0.2, -0.15) is 0 Å². The topological polar surface area (TPSA) is 19.4 Å². The smallest absolute Gasteiger partial charge is 0.0618 e. The Morgan fingerprint density at radius 3 is 0.863 bits per heavy atom. The van der Waals surface area contributed by atoms with Crippen LogP contribution >= 0.6 is 0 Å². The summed E-state index contributed by atoms with van der Waals surface area (Å²) in [5, 5.41) is 0. The molecule has 6 unspecified atom stereocenters.